The number of nitrogens with zero attached hydrogens (tertiary/aromatic N) is 4. The zero-order valence-corrected chi connectivity index (χ0v) is 19.3. The molecule has 2 heterocycles. The average molecular weight is 450 g/mol. The van der Waals surface area contributed by atoms with Gasteiger partial charge in [-0.25, -0.2) is 4.98 Å². The van der Waals surface area contributed by atoms with Gasteiger partial charge in [0.1, 0.15) is 12.4 Å². The number of hydrogen-bond donors (Lipinski definition) is 1. The van der Waals surface area contributed by atoms with Crippen LogP contribution in [0.4, 0.5) is 11.4 Å². The van der Waals surface area contributed by atoms with Gasteiger partial charge in [0, 0.05) is 37.4 Å². The molecule has 0 saturated carbocycles. The monoisotopic (exact) mass is 449 g/mol. The van der Waals surface area contributed by atoms with Crippen LogP contribution in [0.2, 0.25) is 0 Å². The summed E-state index contributed by atoms with van der Waals surface area (Å²) in [5.74, 6) is 0.550. The second-order valence-electron chi connectivity index (χ2n) is 8.06. The fraction of sp³-hybridized carbons (Fsp3) is 0.400. The number of aromatic nitrogens is 2. The number of aryl methyl sites for hydroxylation is 1. The van der Waals surface area contributed by atoms with Gasteiger partial charge < -0.3 is 24.4 Å². The largest absolute Gasteiger partial charge is 0.378 e. The van der Waals surface area contributed by atoms with Gasteiger partial charge in [-0.2, -0.15) is 0 Å². The molecule has 1 fully saturated rings. The number of rotatable bonds is 8. The summed E-state index contributed by atoms with van der Waals surface area (Å²) < 4.78 is 7.34. The van der Waals surface area contributed by atoms with Crippen molar-refractivity contribution in [2.24, 2.45) is 0 Å². The van der Waals surface area contributed by atoms with E-state index in [4.69, 9.17) is 4.74 Å². The predicted octanol–water partition coefficient (Wildman–Crippen LogP) is 2.92. The van der Waals surface area contributed by atoms with Crippen molar-refractivity contribution in [1.82, 2.24) is 14.5 Å². The third-order valence-corrected chi connectivity index (χ3v) is 5.94. The van der Waals surface area contributed by atoms with Gasteiger partial charge >= 0.3 is 0 Å². The van der Waals surface area contributed by atoms with Gasteiger partial charge in [-0.1, -0.05) is 19.1 Å². The van der Waals surface area contributed by atoms with E-state index < -0.39 is 0 Å². The topological polar surface area (TPSA) is 79.7 Å². The molecule has 8 heteroatoms. The number of imidazole rings is 1. The summed E-state index contributed by atoms with van der Waals surface area (Å²) in [6.07, 6.45) is 0.731. The minimum Gasteiger partial charge on any atom is -0.378 e. The molecule has 2 aromatic carbocycles. The summed E-state index contributed by atoms with van der Waals surface area (Å²) in [5.41, 5.74) is 3.64. The van der Waals surface area contributed by atoms with Crippen molar-refractivity contribution < 1.29 is 14.3 Å². The quantitative estimate of drug-likeness (QED) is 0.572. The highest BCUT2D eigenvalue weighted by Gasteiger charge is 2.19. The van der Waals surface area contributed by atoms with E-state index in [1.54, 1.807) is 4.90 Å². The fourth-order valence-corrected chi connectivity index (χ4v) is 4.13. The van der Waals surface area contributed by atoms with Gasteiger partial charge in [-0.3, -0.25) is 9.59 Å². The first-order chi connectivity index (χ1) is 16.1. The number of carbonyl (C=O) groups excluding carboxylic acids is 2. The third-order valence-electron chi connectivity index (χ3n) is 5.94. The molecule has 1 aliphatic heterocycles. The maximum absolute atomic E-state index is 13.0. The van der Waals surface area contributed by atoms with Crippen LogP contribution in [0.1, 0.15) is 19.7 Å². The summed E-state index contributed by atoms with van der Waals surface area (Å²) in [7, 11) is 0. The van der Waals surface area contributed by atoms with Crippen LogP contribution in [0.15, 0.2) is 48.5 Å². The summed E-state index contributed by atoms with van der Waals surface area (Å²) in [6.45, 7) is 7.73. The van der Waals surface area contributed by atoms with E-state index in [1.165, 1.54) is 0 Å². The van der Waals surface area contributed by atoms with Crippen LogP contribution >= 0.6 is 0 Å². The molecule has 0 spiro atoms. The lowest BCUT2D eigenvalue weighted by Crippen LogP contribution is -2.39. The molecular formula is C25H31N5O3. The van der Waals surface area contributed by atoms with E-state index in [2.05, 4.69) is 15.2 Å². The minimum absolute atomic E-state index is 0.00857. The zero-order chi connectivity index (χ0) is 23.2. The Bertz CT molecular complexity index is 1100. The maximum atomic E-state index is 13.0. The zero-order valence-electron chi connectivity index (χ0n) is 19.3. The molecule has 33 heavy (non-hydrogen) atoms. The first-order valence-corrected chi connectivity index (χ1v) is 11.5. The number of amides is 2. The number of hydrogen-bond acceptors (Lipinski definition) is 5. The number of benzene rings is 2. The standard InChI is InChI=1S/C25H31N5O3/c1-3-23-27-21-7-5-6-8-22(21)30(23)18-25(32)28(4-2)17-24(31)26-19-9-11-20(12-10-19)29-13-15-33-16-14-29/h5-12H,3-4,13-18H2,1-2H3,(H,26,31). The summed E-state index contributed by atoms with van der Waals surface area (Å²) >= 11 is 0. The van der Waals surface area contributed by atoms with E-state index in [9.17, 15) is 9.59 Å². The molecule has 1 aliphatic rings. The highest BCUT2D eigenvalue weighted by Crippen LogP contribution is 2.19. The van der Waals surface area contributed by atoms with Gasteiger partial charge in [0.15, 0.2) is 0 Å². The Kier molecular flexibility index (Phi) is 7.24. The highest BCUT2D eigenvalue weighted by molar-refractivity contribution is 5.94. The van der Waals surface area contributed by atoms with Gasteiger partial charge in [0.2, 0.25) is 11.8 Å². The second-order valence-corrected chi connectivity index (χ2v) is 8.06. The van der Waals surface area contributed by atoms with Crippen LogP contribution in [0, 0.1) is 0 Å². The minimum atomic E-state index is -0.212. The number of fused-ring (bicyclic) bond motifs is 1. The Morgan fingerprint density at radius 2 is 1.79 bits per heavy atom. The van der Waals surface area contributed by atoms with Gasteiger partial charge in [-0.05, 0) is 43.3 Å². The number of nitrogens with one attached hydrogen (secondary N) is 1. The SMILES string of the molecule is CCc1nc2ccccc2n1CC(=O)N(CC)CC(=O)Nc1ccc(N2CCOCC2)cc1. The summed E-state index contributed by atoms with van der Waals surface area (Å²) in [6, 6.07) is 15.6. The molecule has 2 amide bonds. The number of anilines is 2. The van der Waals surface area contributed by atoms with Crippen molar-refractivity contribution in [3.8, 4) is 0 Å². The second kappa shape index (κ2) is 10.5. The smallest absolute Gasteiger partial charge is 0.243 e. The fourth-order valence-electron chi connectivity index (χ4n) is 4.13. The van der Waals surface area contributed by atoms with Crippen molar-refractivity contribution in [3.05, 3.63) is 54.4 Å². The van der Waals surface area contributed by atoms with Crippen molar-refractivity contribution in [1.29, 1.82) is 0 Å². The normalized spacial score (nSPS) is 13.8. The summed E-state index contributed by atoms with van der Waals surface area (Å²) in [5, 5.41) is 2.91. The Morgan fingerprint density at radius 3 is 2.48 bits per heavy atom. The van der Waals surface area contributed by atoms with Gasteiger partial charge in [0.05, 0.1) is 30.8 Å². The lowest BCUT2D eigenvalue weighted by molar-refractivity contribution is -0.135. The summed E-state index contributed by atoms with van der Waals surface area (Å²) in [4.78, 5) is 34.2. The molecule has 1 aromatic heterocycles. The molecule has 0 aliphatic carbocycles. The van der Waals surface area contributed by atoms with Crippen LogP contribution in [-0.2, 0) is 27.3 Å². The number of morpholine rings is 1. The molecule has 8 nitrogen and oxygen atoms in total. The van der Waals surface area contributed by atoms with E-state index in [1.807, 2.05) is 66.9 Å². The molecule has 1 saturated heterocycles. The Labute approximate surface area is 194 Å². The number of ether oxygens (including phenoxy) is 1. The van der Waals surface area contributed by atoms with Crippen molar-refractivity contribution >= 4 is 34.2 Å². The van der Waals surface area contributed by atoms with Gasteiger partial charge in [0.25, 0.3) is 0 Å². The number of likely N-dealkylation sites (N-methyl/N-ethyl adjacent to an activating group) is 1. The maximum Gasteiger partial charge on any atom is 0.243 e. The first-order valence-electron chi connectivity index (χ1n) is 11.5. The van der Waals surface area contributed by atoms with Crippen LogP contribution in [0.3, 0.4) is 0 Å². The van der Waals surface area contributed by atoms with Crippen molar-refractivity contribution in [3.63, 3.8) is 0 Å². The number of para-hydroxylation sites is 2. The van der Waals surface area contributed by atoms with Crippen LogP contribution < -0.4 is 10.2 Å². The Hall–Kier alpha value is -3.39. The van der Waals surface area contributed by atoms with E-state index in [0.717, 1.165) is 61.0 Å². The molecule has 3 aromatic rings. The average Bonchev–Trinajstić information content (AvgIpc) is 3.21. The van der Waals surface area contributed by atoms with E-state index in [0.29, 0.717) is 6.54 Å². The lowest BCUT2D eigenvalue weighted by atomic mass is 10.2. The molecular weight excluding hydrogens is 418 g/mol. The molecule has 0 radical (unpaired) electrons. The molecule has 1 N–H and O–H groups in total. The van der Waals surface area contributed by atoms with Crippen LogP contribution in [-0.4, -0.2) is 65.7 Å². The molecule has 0 atom stereocenters. The van der Waals surface area contributed by atoms with E-state index in [-0.39, 0.29) is 24.9 Å². The van der Waals surface area contributed by atoms with Crippen LogP contribution in [0.5, 0.6) is 0 Å². The third kappa shape index (κ3) is 5.34. The highest BCUT2D eigenvalue weighted by atomic mass is 16.5. The van der Waals surface area contributed by atoms with Crippen molar-refractivity contribution in [2.45, 2.75) is 26.8 Å². The molecule has 4 rings (SSSR count). The number of carbonyl (C=O) groups is 2. The van der Waals surface area contributed by atoms with Crippen molar-refractivity contribution in [2.75, 3.05) is 49.6 Å². The molecule has 174 valence electrons. The predicted molar refractivity (Wildman–Crippen MR) is 129 cm³/mol. The van der Waals surface area contributed by atoms with Gasteiger partial charge in [-0.15, -0.1) is 0 Å². The van der Waals surface area contributed by atoms with Crippen LogP contribution in [0.25, 0.3) is 11.0 Å². The Morgan fingerprint density at radius 1 is 1.06 bits per heavy atom. The first kappa shape index (κ1) is 22.8. The lowest BCUT2D eigenvalue weighted by Gasteiger charge is -2.29. The molecule has 0 bridgehead atoms. The van der Waals surface area contributed by atoms with E-state index >= 15 is 0 Å². The molecule has 0 unspecified atom stereocenters. The Balaban J connectivity index is 1.37.